The quantitative estimate of drug-likeness (QED) is 0.168. The van der Waals surface area contributed by atoms with Crippen LogP contribution >= 0.6 is 24.0 Å². The highest BCUT2D eigenvalue weighted by atomic mass is 32.1. The van der Waals surface area contributed by atoms with Gasteiger partial charge in [0.2, 0.25) is 5.89 Å². The number of aryl methyl sites for hydroxylation is 1. The number of amides is 2. The van der Waals surface area contributed by atoms with Gasteiger partial charge in [0.05, 0.1) is 18.3 Å². The average molecular weight is 585 g/mol. The number of unbranched alkanes of at least 4 members (excludes halogenated alkanes) is 1. The van der Waals surface area contributed by atoms with E-state index in [9.17, 15) is 9.59 Å². The van der Waals surface area contributed by atoms with Crippen molar-refractivity contribution in [2.45, 2.75) is 58.1 Å². The van der Waals surface area contributed by atoms with Crippen molar-refractivity contribution < 1.29 is 18.7 Å². The van der Waals surface area contributed by atoms with E-state index in [0.29, 0.717) is 25.5 Å². The van der Waals surface area contributed by atoms with E-state index in [-0.39, 0.29) is 34.8 Å². The minimum Gasteiger partial charge on any atom is -0.419 e. The summed E-state index contributed by atoms with van der Waals surface area (Å²) in [6.07, 6.45) is 10.6. The zero-order valence-corrected chi connectivity index (χ0v) is 24.8. The molecule has 0 saturated carbocycles. The van der Waals surface area contributed by atoms with Crippen LogP contribution in [0.15, 0.2) is 46.2 Å². The summed E-state index contributed by atoms with van der Waals surface area (Å²) in [5.41, 5.74) is 8.08. The standard InChI is InChI=1S/C27H32N6O4S.CH4S/c1-4-5-6-8-17(2)10-11-23-31-32-25(37-23)21-14-18(13-20(30-21)24(28)34)27(35)33-12-7-9-22(33)26-29-19(15-36-3)16-38-26;1-2/h4,8,13-14,16,22H,1,5-7,9-12,15H2,2-3H3,(H2,28,34);2H,1H3/b17-8+;. The van der Waals surface area contributed by atoms with Crippen molar-refractivity contribution in [1.82, 2.24) is 25.1 Å². The molecule has 1 atom stereocenters. The largest absolute Gasteiger partial charge is 0.419 e. The predicted molar refractivity (Wildman–Crippen MR) is 158 cm³/mol. The number of ether oxygens (including phenoxy) is 1. The molecule has 4 heterocycles. The minimum absolute atomic E-state index is 0.0426. The number of nitrogens with two attached hydrogens (primary N) is 1. The lowest BCUT2D eigenvalue weighted by atomic mass is 10.1. The highest BCUT2D eigenvalue weighted by molar-refractivity contribution is 7.79. The zero-order chi connectivity index (χ0) is 29.1. The molecule has 2 N–H and O–H groups in total. The van der Waals surface area contributed by atoms with Crippen molar-refractivity contribution in [3.63, 3.8) is 0 Å². The number of primary amides is 1. The predicted octanol–water partition coefficient (Wildman–Crippen LogP) is 5.20. The molecule has 214 valence electrons. The first kappa shape index (κ1) is 31.2. The van der Waals surface area contributed by atoms with E-state index >= 15 is 0 Å². The monoisotopic (exact) mass is 584 g/mol. The molecule has 2 amide bonds. The van der Waals surface area contributed by atoms with Gasteiger partial charge in [-0.15, -0.1) is 28.1 Å². The second-order valence-electron chi connectivity index (χ2n) is 9.17. The van der Waals surface area contributed by atoms with Crippen LogP contribution in [0.1, 0.15) is 82.5 Å². The summed E-state index contributed by atoms with van der Waals surface area (Å²) in [6.45, 7) is 6.80. The van der Waals surface area contributed by atoms with Crippen molar-refractivity contribution in [3.8, 4) is 11.6 Å². The van der Waals surface area contributed by atoms with Crippen molar-refractivity contribution in [3.05, 3.63) is 69.7 Å². The SMILES string of the molecule is C=CCC/C=C(\C)CCc1nnc(-c2cc(C(=O)N3CCCC3c3nc(COC)cs3)cc(C(N)=O)n2)o1.CS. The molecule has 1 unspecified atom stereocenters. The first-order valence-electron chi connectivity index (χ1n) is 13.0. The van der Waals surface area contributed by atoms with Gasteiger partial charge in [-0.2, -0.15) is 12.6 Å². The summed E-state index contributed by atoms with van der Waals surface area (Å²) in [6, 6.07) is 2.83. The van der Waals surface area contributed by atoms with Crippen LogP contribution in [-0.2, 0) is 17.8 Å². The van der Waals surface area contributed by atoms with Gasteiger partial charge in [-0.3, -0.25) is 9.59 Å². The van der Waals surface area contributed by atoms with Crippen molar-refractivity contribution in [1.29, 1.82) is 0 Å². The maximum Gasteiger partial charge on any atom is 0.267 e. The van der Waals surface area contributed by atoms with E-state index < -0.39 is 5.91 Å². The van der Waals surface area contributed by atoms with E-state index in [1.54, 1.807) is 24.3 Å². The van der Waals surface area contributed by atoms with Gasteiger partial charge < -0.3 is 19.8 Å². The van der Waals surface area contributed by atoms with E-state index in [0.717, 1.165) is 42.8 Å². The van der Waals surface area contributed by atoms with Crippen LogP contribution in [0.4, 0.5) is 0 Å². The number of rotatable bonds is 12. The van der Waals surface area contributed by atoms with Crippen LogP contribution < -0.4 is 5.73 Å². The fraction of sp³-hybridized carbons (Fsp3) is 0.429. The van der Waals surface area contributed by atoms with Crippen molar-refractivity contribution in [2.24, 2.45) is 5.73 Å². The van der Waals surface area contributed by atoms with Gasteiger partial charge in [0.25, 0.3) is 17.7 Å². The number of nitrogens with zero attached hydrogens (tertiary/aromatic N) is 5. The molecule has 0 spiro atoms. The fourth-order valence-electron chi connectivity index (χ4n) is 4.32. The molecule has 0 aliphatic carbocycles. The molecule has 40 heavy (non-hydrogen) atoms. The molecule has 4 rings (SSSR count). The molecule has 3 aromatic heterocycles. The molecule has 0 aromatic carbocycles. The van der Waals surface area contributed by atoms with Crippen LogP contribution in [0.25, 0.3) is 11.6 Å². The number of carbonyl (C=O) groups excluding carboxylic acids is 2. The summed E-state index contributed by atoms with van der Waals surface area (Å²) in [7, 11) is 1.62. The first-order valence-corrected chi connectivity index (χ1v) is 14.8. The molecular formula is C28H36N6O4S2. The van der Waals surface area contributed by atoms with Crippen LogP contribution in [-0.4, -0.2) is 56.8 Å². The molecule has 0 bridgehead atoms. The van der Waals surface area contributed by atoms with E-state index in [4.69, 9.17) is 14.9 Å². The average Bonchev–Trinajstić information content (AvgIpc) is 3.74. The molecule has 1 saturated heterocycles. The van der Waals surface area contributed by atoms with Crippen molar-refractivity contribution in [2.75, 3.05) is 19.9 Å². The van der Waals surface area contributed by atoms with Gasteiger partial charge in [-0.1, -0.05) is 17.7 Å². The number of carbonyl (C=O) groups is 2. The minimum atomic E-state index is -0.747. The molecule has 1 aliphatic rings. The third-order valence-corrected chi connectivity index (χ3v) is 7.26. The molecular weight excluding hydrogens is 548 g/mol. The lowest BCUT2D eigenvalue weighted by molar-refractivity contribution is 0.0735. The number of hydrogen-bond acceptors (Lipinski definition) is 10. The molecule has 1 aliphatic heterocycles. The Morgan fingerprint density at radius 2 is 2.08 bits per heavy atom. The Labute approximate surface area is 244 Å². The van der Waals surface area contributed by atoms with Gasteiger partial charge >= 0.3 is 0 Å². The van der Waals surface area contributed by atoms with Gasteiger partial charge in [-0.25, -0.2) is 9.97 Å². The fourth-order valence-corrected chi connectivity index (χ4v) is 5.27. The topological polar surface area (TPSA) is 137 Å². The maximum atomic E-state index is 13.6. The van der Waals surface area contributed by atoms with Gasteiger partial charge in [0.15, 0.2) is 0 Å². The normalized spacial score (nSPS) is 15.1. The summed E-state index contributed by atoms with van der Waals surface area (Å²) in [4.78, 5) is 36.4. The number of aromatic nitrogens is 4. The zero-order valence-electron chi connectivity index (χ0n) is 23.1. The lowest BCUT2D eigenvalue weighted by Gasteiger charge is -2.23. The Bertz CT molecular complexity index is 1340. The molecule has 3 aromatic rings. The Morgan fingerprint density at radius 3 is 2.80 bits per heavy atom. The molecule has 12 heteroatoms. The van der Waals surface area contributed by atoms with Crippen LogP contribution in [0.3, 0.4) is 0 Å². The highest BCUT2D eigenvalue weighted by Gasteiger charge is 2.33. The van der Waals surface area contributed by atoms with E-state index in [2.05, 4.69) is 52.4 Å². The maximum absolute atomic E-state index is 13.6. The van der Waals surface area contributed by atoms with Gasteiger partial charge in [-0.05, 0) is 57.4 Å². The van der Waals surface area contributed by atoms with Gasteiger partial charge in [0, 0.05) is 31.0 Å². The number of thiazole rings is 1. The Balaban J connectivity index is 0.00000216. The number of likely N-dealkylation sites (tertiary alicyclic amines) is 1. The second kappa shape index (κ2) is 15.4. The molecule has 1 fully saturated rings. The van der Waals surface area contributed by atoms with Crippen LogP contribution in [0, 0.1) is 0 Å². The molecule has 10 nitrogen and oxygen atoms in total. The van der Waals surface area contributed by atoms with E-state index in [1.165, 1.54) is 23.0 Å². The summed E-state index contributed by atoms with van der Waals surface area (Å²) < 4.78 is 11.0. The first-order chi connectivity index (χ1) is 19.4. The smallest absolute Gasteiger partial charge is 0.267 e. The number of thiol groups is 1. The lowest BCUT2D eigenvalue weighted by Crippen LogP contribution is -2.31. The number of hydrogen-bond donors (Lipinski definition) is 2. The Hall–Kier alpha value is -3.35. The third-order valence-electron chi connectivity index (χ3n) is 6.27. The summed E-state index contributed by atoms with van der Waals surface area (Å²) in [5.74, 6) is -0.399. The number of pyridine rings is 1. The highest BCUT2D eigenvalue weighted by Crippen LogP contribution is 2.35. The Morgan fingerprint density at radius 1 is 1.27 bits per heavy atom. The summed E-state index contributed by atoms with van der Waals surface area (Å²) >= 11 is 5.04. The second-order valence-corrected chi connectivity index (χ2v) is 10.1. The van der Waals surface area contributed by atoms with Crippen LogP contribution in [0.2, 0.25) is 0 Å². The summed E-state index contributed by atoms with van der Waals surface area (Å²) in [5, 5.41) is 11.0. The molecule has 0 radical (unpaired) electrons. The Kier molecular flexibility index (Phi) is 12.0. The van der Waals surface area contributed by atoms with E-state index in [1.807, 2.05) is 11.5 Å². The van der Waals surface area contributed by atoms with Gasteiger partial charge in [0.1, 0.15) is 16.4 Å². The number of allylic oxidation sites excluding steroid dienone is 3. The van der Waals surface area contributed by atoms with Crippen molar-refractivity contribution >= 4 is 35.8 Å². The number of methoxy groups -OCH3 is 1. The third kappa shape index (κ3) is 8.09. The van der Waals surface area contributed by atoms with Crippen LogP contribution in [0.5, 0.6) is 0 Å².